The average molecular weight is 419 g/mol. The van der Waals surface area contributed by atoms with Crippen LogP contribution in [0.5, 0.6) is 11.5 Å². The quantitative estimate of drug-likeness (QED) is 0.260. The molecule has 0 fully saturated rings. The molecule has 0 saturated carbocycles. The minimum absolute atomic E-state index is 0.165. The van der Waals surface area contributed by atoms with Crippen LogP contribution in [0.2, 0.25) is 0 Å². The SMILES string of the molecule is CCCCCCCCCCCCc1ccccc1Oc1cccc(S(=O)(=O)O)c1. The van der Waals surface area contributed by atoms with Crippen LogP contribution >= 0.6 is 0 Å². The van der Waals surface area contributed by atoms with Crippen LogP contribution in [0, 0.1) is 0 Å². The lowest BCUT2D eigenvalue weighted by Crippen LogP contribution is -1.98. The zero-order chi connectivity index (χ0) is 21.0. The number of unbranched alkanes of at least 4 members (excludes halogenated alkanes) is 9. The fourth-order valence-electron chi connectivity index (χ4n) is 3.44. The number of rotatable bonds is 14. The Morgan fingerprint density at radius 3 is 2.07 bits per heavy atom. The number of ether oxygens (including phenoxy) is 1. The van der Waals surface area contributed by atoms with Gasteiger partial charge in [-0.15, -0.1) is 0 Å². The maximum absolute atomic E-state index is 11.3. The molecular weight excluding hydrogens is 384 g/mol. The highest BCUT2D eigenvalue weighted by atomic mass is 32.2. The van der Waals surface area contributed by atoms with Gasteiger partial charge in [-0.25, -0.2) is 0 Å². The molecule has 2 rings (SSSR count). The Labute approximate surface area is 176 Å². The van der Waals surface area contributed by atoms with Gasteiger partial charge < -0.3 is 4.74 Å². The van der Waals surface area contributed by atoms with Crippen LogP contribution in [-0.2, 0) is 16.5 Å². The van der Waals surface area contributed by atoms with Crippen LogP contribution in [0.3, 0.4) is 0 Å². The first kappa shape index (κ1) is 23.4. The summed E-state index contributed by atoms with van der Waals surface area (Å²) in [5, 5.41) is 0. The Hall–Kier alpha value is -1.85. The van der Waals surface area contributed by atoms with E-state index in [1.54, 1.807) is 12.1 Å². The van der Waals surface area contributed by atoms with E-state index in [1.165, 1.54) is 69.9 Å². The maximum atomic E-state index is 11.3. The molecule has 0 aliphatic carbocycles. The van der Waals surface area contributed by atoms with Crippen LogP contribution in [0.4, 0.5) is 0 Å². The van der Waals surface area contributed by atoms with E-state index >= 15 is 0 Å². The second-order valence-electron chi connectivity index (χ2n) is 7.59. The second-order valence-corrected chi connectivity index (χ2v) is 9.01. The van der Waals surface area contributed by atoms with Crippen molar-refractivity contribution < 1.29 is 17.7 Å². The molecule has 2 aromatic rings. The van der Waals surface area contributed by atoms with E-state index in [1.807, 2.05) is 18.2 Å². The summed E-state index contributed by atoms with van der Waals surface area (Å²) in [5.74, 6) is 1.13. The molecule has 0 aliphatic heterocycles. The lowest BCUT2D eigenvalue weighted by atomic mass is 10.0. The van der Waals surface area contributed by atoms with Crippen molar-refractivity contribution in [2.45, 2.75) is 82.4 Å². The molecule has 0 amide bonds. The summed E-state index contributed by atoms with van der Waals surface area (Å²) in [6.45, 7) is 2.25. The van der Waals surface area contributed by atoms with Crippen molar-refractivity contribution in [3.8, 4) is 11.5 Å². The molecule has 4 nitrogen and oxygen atoms in total. The molecule has 160 valence electrons. The van der Waals surface area contributed by atoms with E-state index in [4.69, 9.17) is 4.74 Å². The molecule has 0 atom stereocenters. The summed E-state index contributed by atoms with van der Waals surface area (Å²) >= 11 is 0. The normalized spacial score (nSPS) is 11.5. The largest absolute Gasteiger partial charge is 0.457 e. The zero-order valence-electron chi connectivity index (χ0n) is 17.5. The summed E-state index contributed by atoms with van der Waals surface area (Å²) in [5.41, 5.74) is 1.12. The van der Waals surface area contributed by atoms with Crippen molar-refractivity contribution in [1.29, 1.82) is 0 Å². The van der Waals surface area contributed by atoms with E-state index < -0.39 is 10.1 Å². The van der Waals surface area contributed by atoms with Crippen molar-refractivity contribution in [3.05, 3.63) is 54.1 Å². The molecule has 0 bridgehead atoms. The molecule has 0 spiro atoms. The molecule has 29 heavy (non-hydrogen) atoms. The van der Waals surface area contributed by atoms with E-state index in [2.05, 4.69) is 13.0 Å². The van der Waals surface area contributed by atoms with Crippen molar-refractivity contribution in [3.63, 3.8) is 0 Å². The predicted molar refractivity (Wildman–Crippen MR) is 118 cm³/mol. The number of para-hydroxylation sites is 1. The molecule has 0 heterocycles. The Kier molecular flexibility index (Phi) is 10.2. The first-order chi connectivity index (χ1) is 14.0. The summed E-state index contributed by atoms with van der Waals surface area (Å²) < 4.78 is 37.8. The molecular formula is C24H34O4S. The van der Waals surface area contributed by atoms with E-state index in [0.717, 1.165) is 24.2 Å². The lowest BCUT2D eigenvalue weighted by Gasteiger charge is -2.12. The minimum atomic E-state index is -4.24. The van der Waals surface area contributed by atoms with Gasteiger partial charge in [-0.2, -0.15) is 8.42 Å². The van der Waals surface area contributed by atoms with Gasteiger partial charge in [0.25, 0.3) is 10.1 Å². The van der Waals surface area contributed by atoms with Gasteiger partial charge >= 0.3 is 0 Å². The van der Waals surface area contributed by atoms with Gasteiger partial charge in [0.1, 0.15) is 11.5 Å². The van der Waals surface area contributed by atoms with Crippen molar-refractivity contribution >= 4 is 10.1 Å². The first-order valence-corrected chi connectivity index (χ1v) is 12.3. The molecule has 2 aromatic carbocycles. The fourth-order valence-corrected chi connectivity index (χ4v) is 3.95. The van der Waals surface area contributed by atoms with Crippen LogP contribution < -0.4 is 4.74 Å². The number of hydrogen-bond donors (Lipinski definition) is 1. The second kappa shape index (κ2) is 12.7. The smallest absolute Gasteiger partial charge is 0.294 e. The Bertz CT molecular complexity index is 830. The van der Waals surface area contributed by atoms with Crippen molar-refractivity contribution in [2.24, 2.45) is 0 Å². The van der Waals surface area contributed by atoms with Gasteiger partial charge in [0.05, 0.1) is 4.90 Å². The van der Waals surface area contributed by atoms with Crippen molar-refractivity contribution in [1.82, 2.24) is 0 Å². The average Bonchev–Trinajstić information content (AvgIpc) is 2.70. The number of aryl methyl sites for hydroxylation is 1. The van der Waals surface area contributed by atoms with Crippen LogP contribution in [0.25, 0.3) is 0 Å². The van der Waals surface area contributed by atoms with Crippen LogP contribution in [0.15, 0.2) is 53.4 Å². The highest BCUT2D eigenvalue weighted by Gasteiger charge is 2.11. The maximum Gasteiger partial charge on any atom is 0.294 e. The topological polar surface area (TPSA) is 63.6 Å². The summed E-state index contributed by atoms with van der Waals surface area (Å²) in [6, 6.07) is 13.8. The lowest BCUT2D eigenvalue weighted by molar-refractivity contribution is 0.466. The molecule has 1 N–H and O–H groups in total. The zero-order valence-corrected chi connectivity index (χ0v) is 18.3. The molecule has 0 aromatic heterocycles. The predicted octanol–water partition coefficient (Wildman–Crippen LogP) is 7.19. The molecule has 0 unspecified atom stereocenters. The third-order valence-electron chi connectivity index (χ3n) is 5.10. The van der Waals surface area contributed by atoms with Gasteiger partial charge in [-0.05, 0) is 36.6 Å². The third kappa shape index (κ3) is 9.01. The first-order valence-electron chi connectivity index (χ1n) is 10.8. The van der Waals surface area contributed by atoms with E-state index in [9.17, 15) is 13.0 Å². The van der Waals surface area contributed by atoms with Gasteiger partial charge in [-0.1, -0.05) is 89.0 Å². The Balaban J connectivity index is 1.78. The minimum Gasteiger partial charge on any atom is -0.457 e. The van der Waals surface area contributed by atoms with E-state index in [-0.39, 0.29) is 4.90 Å². The fraction of sp³-hybridized carbons (Fsp3) is 0.500. The standard InChI is InChI=1S/C24H34O4S/c1-2-3-4-5-6-7-8-9-10-11-15-21-16-12-13-19-24(21)28-22-17-14-18-23(20-22)29(25,26)27/h12-14,16-20H,2-11,15H2,1H3,(H,25,26,27). The van der Waals surface area contributed by atoms with Gasteiger partial charge in [0.2, 0.25) is 0 Å². The monoisotopic (exact) mass is 418 g/mol. The molecule has 0 aliphatic rings. The van der Waals surface area contributed by atoms with E-state index in [0.29, 0.717) is 5.75 Å². The number of benzene rings is 2. The summed E-state index contributed by atoms with van der Waals surface area (Å²) in [4.78, 5) is -0.165. The Morgan fingerprint density at radius 1 is 0.793 bits per heavy atom. The van der Waals surface area contributed by atoms with Crippen LogP contribution in [0.1, 0.15) is 76.7 Å². The Morgan fingerprint density at radius 2 is 1.41 bits per heavy atom. The highest BCUT2D eigenvalue weighted by Crippen LogP contribution is 2.28. The third-order valence-corrected chi connectivity index (χ3v) is 5.95. The molecule has 0 radical (unpaired) electrons. The number of hydrogen-bond acceptors (Lipinski definition) is 3. The van der Waals surface area contributed by atoms with Gasteiger partial charge in [-0.3, -0.25) is 4.55 Å². The summed E-state index contributed by atoms with van der Waals surface area (Å²) in [7, 11) is -4.24. The van der Waals surface area contributed by atoms with Gasteiger partial charge in [0.15, 0.2) is 0 Å². The molecule has 5 heteroatoms. The van der Waals surface area contributed by atoms with Gasteiger partial charge in [0, 0.05) is 6.07 Å². The van der Waals surface area contributed by atoms with Crippen LogP contribution in [-0.4, -0.2) is 13.0 Å². The summed E-state index contributed by atoms with van der Waals surface area (Å²) in [6.07, 6.45) is 14.0. The van der Waals surface area contributed by atoms with Crippen molar-refractivity contribution in [2.75, 3.05) is 0 Å². The highest BCUT2D eigenvalue weighted by molar-refractivity contribution is 7.85. The molecule has 0 saturated heterocycles.